The van der Waals surface area contributed by atoms with Crippen LogP contribution in [0.15, 0.2) is 12.3 Å². The van der Waals surface area contributed by atoms with Gasteiger partial charge in [-0.3, -0.25) is 4.98 Å². The van der Waals surface area contributed by atoms with Crippen LogP contribution in [0.1, 0.15) is 18.2 Å². The second-order valence-electron chi connectivity index (χ2n) is 2.29. The number of aromatic hydroxyl groups is 1. The van der Waals surface area contributed by atoms with Crippen molar-refractivity contribution in [3.63, 3.8) is 0 Å². The average Bonchev–Trinajstić information content (AvgIpc) is 1.94. The van der Waals surface area contributed by atoms with Gasteiger partial charge in [-0.25, -0.2) is 0 Å². The van der Waals surface area contributed by atoms with E-state index < -0.39 is 0 Å². The maximum atomic E-state index is 9.01. The fourth-order valence-corrected chi connectivity index (χ4v) is 0.924. The Kier molecular flexibility index (Phi) is 1.90. The lowest BCUT2D eigenvalue weighted by molar-refractivity contribution is 0.471. The second kappa shape index (κ2) is 2.69. The van der Waals surface area contributed by atoms with Gasteiger partial charge in [-0.05, 0) is 25.0 Å². The second-order valence-corrected chi connectivity index (χ2v) is 2.29. The molecule has 0 amide bonds. The molecule has 0 bridgehead atoms. The molecule has 0 aliphatic heterocycles. The van der Waals surface area contributed by atoms with Crippen LogP contribution in [0.25, 0.3) is 0 Å². The summed E-state index contributed by atoms with van der Waals surface area (Å²) in [5.41, 5.74) is 2.11. The van der Waals surface area contributed by atoms with E-state index in [0.717, 1.165) is 17.7 Å². The van der Waals surface area contributed by atoms with Gasteiger partial charge in [0.15, 0.2) is 0 Å². The number of aryl methyl sites for hydroxylation is 2. The molecule has 0 unspecified atom stereocenters. The summed E-state index contributed by atoms with van der Waals surface area (Å²) >= 11 is 0. The highest BCUT2D eigenvalue weighted by Crippen LogP contribution is 2.12. The Hall–Kier alpha value is -1.05. The summed E-state index contributed by atoms with van der Waals surface area (Å²) in [5, 5.41) is 9.01. The van der Waals surface area contributed by atoms with Crippen molar-refractivity contribution in [2.45, 2.75) is 20.3 Å². The van der Waals surface area contributed by atoms with Crippen LogP contribution in [-0.4, -0.2) is 10.1 Å². The average molecular weight is 137 g/mol. The van der Waals surface area contributed by atoms with E-state index >= 15 is 0 Å². The maximum Gasteiger partial charge on any atom is 0.134 e. The smallest absolute Gasteiger partial charge is 0.134 e. The molecule has 2 heteroatoms. The fraction of sp³-hybridized carbons (Fsp3) is 0.375. The summed E-state index contributed by atoms with van der Waals surface area (Å²) < 4.78 is 0. The lowest BCUT2D eigenvalue weighted by Crippen LogP contribution is -1.88. The molecule has 0 aliphatic rings. The summed E-state index contributed by atoms with van der Waals surface area (Å²) in [7, 11) is 0. The molecule has 2 nitrogen and oxygen atoms in total. The topological polar surface area (TPSA) is 33.1 Å². The summed E-state index contributed by atoms with van der Waals surface area (Å²) in [6.07, 6.45) is 2.39. The quantitative estimate of drug-likeness (QED) is 0.638. The predicted octanol–water partition coefficient (Wildman–Crippen LogP) is 1.66. The first kappa shape index (κ1) is 7.06. The zero-order valence-corrected chi connectivity index (χ0v) is 6.26. The van der Waals surface area contributed by atoms with E-state index in [-0.39, 0.29) is 5.75 Å². The molecule has 1 rings (SSSR count). The van der Waals surface area contributed by atoms with E-state index in [9.17, 15) is 0 Å². The molecule has 0 spiro atoms. The van der Waals surface area contributed by atoms with E-state index in [2.05, 4.69) is 4.98 Å². The van der Waals surface area contributed by atoms with Crippen molar-refractivity contribution >= 4 is 0 Å². The lowest BCUT2D eigenvalue weighted by atomic mass is 10.1. The van der Waals surface area contributed by atoms with Crippen molar-refractivity contribution in [1.82, 2.24) is 4.98 Å². The number of nitrogens with zero attached hydrogens (tertiary/aromatic N) is 1. The van der Waals surface area contributed by atoms with Crippen LogP contribution in [0.5, 0.6) is 5.75 Å². The Morgan fingerprint density at radius 2 is 2.30 bits per heavy atom. The lowest BCUT2D eigenvalue weighted by Gasteiger charge is -2.00. The molecular formula is C8H11NO. The first-order chi connectivity index (χ1) is 4.74. The zero-order chi connectivity index (χ0) is 7.56. The standard InChI is InChI=1S/C8H11NO/c1-3-7-4-8(10)5-9-6(7)2/h4-5,10H,3H2,1-2H3. The number of rotatable bonds is 1. The highest BCUT2D eigenvalue weighted by molar-refractivity contribution is 5.27. The third-order valence-corrected chi connectivity index (χ3v) is 1.56. The van der Waals surface area contributed by atoms with Gasteiger partial charge >= 0.3 is 0 Å². The fourth-order valence-electron chi connectivity index (χ4n) is 0.924. The van der Waals surface area contributed by atoms with Crippen molar-refractivity contribution in [3.05, 3.63) is 23.5 Å². The van der Waals surface area contributed by atoms with Crippen LogP contribution >= 0.6 is 0 Å². The van der Waals surface area contributed by atoms with Crippen LogP contribution < -0.4 is 0 Å². The summed E-state index contributed by atoms with van der Waals surface area (Å²) in [6, 6.07) is 1.75. The van der Waals surface area contributed by atoms with Crippen molar-refractivity contribution in [3.8, 4) is 5.75 Å². The summed E-state index contributed by atoms with van der Waals surface area (Å²) in [5.74, 6) is 0.252. The largest absolute Gasteiger partial charge is 0.506 e. The minimum Gasteiger partial charge on any atom is -0.506 e. The third-order valence-electron chi connectivity index (χ3n) is 1.56. The Bertz CT molecular complexity index is 233. The van der Waals surface area contributed by atoms with E-state index in [1.54, 1.807) is 6.07 Å². The Labute approximate surface area is 60.5 Å². The van der Waals surface area contributed by atoms with Gasteiger partial charge < -0.3 is 5.11 Å². The molecule has 1 heterocycles. The zero-order valence-electron chi connectivity index (χ0n) is 6.26. The highest BCUT2D eigenvalue weighted by atomic mass is 16.3. The molecule has 0 fully saturated rings. The van der Waals surface area contributed by atoms with Crippen LogP contribution in [0.3, 0.4) is 0 Å². The van der Waals surface area contributed by atoms with E-state index in [1.165, 1.54) is 6.20 Å². The molecule has 1 N–H and O–H groups in total. The van der Waals surface area contributed by atoms with Gasteiger partial charge in [0.05, 0.1) is 6.20 Å². The van der Waals surface area contributed by atoms with Gasteiger partial charge in [-0.2, -0.15) is 0 Å². The van der Waals surface area contributed by atoms with Gasteiger partial charge in [0.25, 0.3) is 0 Å². The summed E-state index contributed by atoms with van der Waals surface area (Å²) in [4.78, 5) is 4.00. The Balaban J connectivity index is 3.09. The number of pyridine rings is 1. The van der Waals surface area contributed by atoms with E-state index in [0.29, 0.717) is 0 Å². The number of hydrogen-bond donors (Lipinski definition) is 1. The first-order valence-electron chi connectivity index (χ1n) is 3.38. The number of hydrogen-bond acceptors (Lipinski definition) is 2. The summed E-state index contributed by atoms with van der Waals surface area (Å²) in [6.45, 7) is 3.99. The normalized spacial score (nSPS) is 9.80. The van der Waals surface area contributed by atoms with Crippen LogP contribution in [-0.2, 0) is 6.42 Å². The highest BCUT2D eigenvalue weighted by Gasteiger charge is 1.96. The SMILES string of the molecule is CCc1cc(O)cnc1C. The van der Waals surface area contributed by atoms with E-state index in [1.807, 2.05) is 13.8 Å². The molecule has 1 aromatic heterocycles. The van der Waals surface area contributed by atoms with Gasteiger partial charge in [0.2, 0.25) is 0 Å². The Morgan fingerprint density at radius 3 is 2.80 bits per heavy atom. The van der Waals surface area contributed by atoms with Crippen molar-refractivity contribution < 1.29 is 5.11 Å². The monoisotopic (exact) mass is 137 g/mol. The van der Waals surface area contributed by atoms with Crippen LogP contribution in [0.2, 0.25) is 0 Å². The molecule has 0 atom stereocenters. The minimum atomic E-state index is 0.252. The van der Waals surface area contributed by atoms with Gasteiger partial charge in [-0.1, -0.05) is 6.92 Å². The predicted molar refractivity (Wildman–Crippen MR) is 40.0 cm³/mol. The number of aromatic nitrogens is 1. The van der Waals surface area contributed by atoms with Gasteiger partial charge in [-0.15, -0.1) is 0 Å². The third kappa shape index (κ3) is 1.26. The molecule has 0 aliphatic carbocycles. The minimum absolute atomic E-state index is 0.252. The Morgan fingerprint density at radius 1 is 1.60 bits per heavy atom. The van der Waals surface area contributed by atoms with Crippen molar-refractivity contribution in [1.29, 1.82) is 0 Å². The molecule has 0 aromatic carbocycles. The maximum absolute atomic E-state index is 9.01. The molecule has 10 heavy (non-hydrogen) atoms. The van der Waals surface area contributed by atoms with Crippen LogP contribution in [0.4, 0.5) is 0 Å². The van der Waals surface area contributed by atoms with Crippen LogP contribution in [0, 0.1) is 6.92 Å². The van der Waals surface area contributed by atoms with Crippen molar-refractivity contribution in [2.75, 3.05) is 0 Å². The van der Waals surface area contributed by atoms with Gasteiger partial charge in [0, 0.05) is 5.69 Å². The molecule has 54 valence electrons. The first-order valence-corrected chi connectivity index (χ1v) is 3.38. The molecular weight excluding hydrogens is 126 g/mol. The molecule has 0 saturated carbocycles. The molecule has 1 aromatic rings. The molecule has 0 saturated heterocycles. The van der Waals surface area contributed by atoms with E-state index in [4.69, 9.17) is 5.11 Å². The van der Waals surface area contributed by atoms with Gasteiger partial charge in [0.1, 0.15) is 5.75 Å². The molecule has 0 radical (unpaired) electrons. The van der Waals surface area contributed by atoms with Crippen molar-refractivity contribution in [2.24, 2.45) is 0 Å².